The van der Waals surface area contributed by atoms with E-state index < -0.39 is 0 Å². The molecule has 1 saturated carbocycles. The fourth-order valence-corrected chi connectivity index (χ4v) is 4.74. The number of hydrogen-bond acceptors (Lipinski definition) is 5. The van der Waals surface area contributed by atoms with Gasteiger partial charge in [-0.15, -0.1) is 21.5 Å². The van der Waals surface area contributed by atoms with Crippen LogP contribution in [0.25, 0.3) is 0 Å². The van der Waals surface area contributed by atoms with Crippen LogP contribution in [0.5, 0.6) is 5.75 Å². The molecule has 136 valence electrons. The first-order valence-corrected chi connectivity index (χ1v) is 11.0. The average molecular weight is 426 g/mol. The number of rotatable bonds is 8. The van der Waals surface area contributed by atoms with Gasteiger partial charge >= 0.3 is 0 Å². The minimum Gasteiger partial charge on any atom is -0.490 e. The molecule has 0 bridgehead atoms. The molecule has 1 aliphatic carbocycles. The number of hydrogen-bond donors (Lipinski definition) is 0. The van der Waals surface area contributed by atoms with Gasteiger partial charge in [0.15, 0.2) is 10.9 Å². The van der Waals surface area contributed by atoms with E-state index in [1.54, 1.807) is 41.3 Å². The van der Waals surface area contributed by atoms with Crippen LogP contribution in [0.1, 0.15) is 29.6 Å². The number of benzene rings is 1. The molecule has 0 spiro atoms. The maximum Gasteiger partial charge on any atom is 0.191 e. The molecule has 4 nitrogen and oxygen atoms in total. The van der Waals surface area contributed by atoms with Gasteiger partial charge in [-0.05, 0) is 36.4 Å². The lowest BCUT2D eigenvalue weighted by Crippen LogP contribution is -2.05. The van der Waals surface area contributed by atoms with E-state index in [0.29, 0.717) is 28.4 Å². The second-order valence-corrected chi connectivity index (χ2v) is 8.91. The van der Waals surface area contributed by atoms with Crippen LogP contribution in [0.2, 0.25) is 10.0 Å². The highest BCUT2D eigenvalue weighted by atomic mass is 35.5. The highest BCUT2D eigenvalue weighted by molar-refractivity contribution is 7.99. The summed E-state index contributed by atoms with van der Waals surface area (Å²) in [5.41, 5.74) is 0. The predicted molar refractivity (Wildman–Crippen MR) is 108 cm³/mol. The Kier molecular flexibility index (Phi) is 5.74. The molecule has 0 unspecified atom stereocenters. The van der Waals surface area contributed by atoms with Gasteiger partial charge < -0.3 is 9.30 Å². The Morgan fingerprint density at radius 2 is 1.96 bits per heavy atom. The van der Waals surface area contributed by atoms with E-state index in [1.165, 1.54) is 17.7 Å². The molecule has 1 fully saturated rings. The maximum absolute atomic E-state index is 6.13. The number of thioether (sulfide) groups is 1. The standard InChI is InChI=1S/C18H17Cl2N3OS2/c19-14-4-1-5-15(20)17(14)24-8-10-26-18-22-21-16(23(18)12-6-7-12)11-13-3-2-9-25-13/h1-5,9,12H,6-8,10-11H2. The number of nitrogens with zero attached hydrogens (tertiary/aromatic N) is 3. The van der Waals surface area contributed by atoms with Crippen molar-refractivity contribution in [2.75, 3.05) is 12.4 Å². The molecule has 0 aliphatic heterocycles. The summed E-state index contributed by atoms with van der Waals surface area (Å²) in [4.78, 5) is 1.31. The minimum absolute atomic E-state index is 0.506. The van der Waals surface area contributed by atoms with Gasteiger partial charge in [0.25, 0.3) is 0 Å². The van der Waals surface area contributed by atoms with Crippen LogP contribution in [0, 0.1) is 0 Å². The zero-order valence-corrected chi connectivity index (χ0v) is 17.0. The van der Waals surface area contributed by atoms with Crippen molar-refractivity contribution in [3.63, 3.8) is 0 Å². The molecule has 0 radical (unpaired) electrons. The quantitative estimate of drug-likeness (QED) is 0.340. The van der Waals surface area contributed by atoms with Crippen LogP contribution in [0.3, 0.4) is 0 Å². The van der Waals surface area contributed by atoms with E-state index in [1.807, 2.05) is 0 Å². The molecular formula is C18H17Cl2N3OS2. The van der Waals surface area contributed by atoms with Gasteiger partial charge in [-0.3, -0.25) is 0 Å². The number of aromatic nitrogens is 3. The summed E-state index contributed by atoms with van der Waals surface area (Å²) in [6, 6.07) is 10.1. The molecule has 1 aromatic carbocycles. The molecule has 3 aromatic rings. The van der Waals surface area contributed by atoms with E-state index in [9.17, 15) is 0 Å². The highest BCUT2D eigenvalue weighted by Gasteiger charge is 2.29. The van der Waals surface area contributed by atoms with Crippen molar-refractivity contribution >= 4 is 46.3 Å². The summed E-state index contributed by atoms with van der Waals surface area (Å²) in [6.45, 7) is 0.506. The molecule has 0 N–H and O–H groups in total. The first kappa shape index (κ1) is 18.2. The third-order valence-electron chi connectivity index (χ3n) is 4.04. The summed E-state index contributed by atoms with van der Waals surface area (Å²) >= 11 is 15.7. The summed E-state index contributed by atoms with van der Waals surface area (Å²) in [5.74, 6) is 2.34. The Hall–Kier alpha value is -1.21. The van der Waals surface area contributed by atoms with Gasteiger partial charge in [0.2, 0.25) is 0 Å². The van der Waals surface area contributed by atoms with Crippen molar-refractivity contribution in [3.8, 4) is 5.75 Å². The van der Waals surface area contributed by atoms with Crippen molar-refractivity contribution in [1.82, 2.24) is 14.8 Å². The van der Waals surface area contributed by atoms with E-state index in [-0.39, 0.29) is 0 Å². The second-order valence-electron chi connectivity index (χ2n) is 6.00. The lowest BCUT2D eigenvalue weighted by Gasteiger charge is -2.10. The summed E-state index contributed by atoms with van der Waals surface area (Å²) < 4.78 is 8.06. The predicted octanol–water partition coefficient (Wildman–Crippen LogP) is 5.74. The lowest BCUT2D eigenvalue weighted by molar-refractivity contribution is 0.344. The Morgan fingerprint density at radius 1 is 1.15 bits per heavy atom. The summed E-state index contributed by atoms with van der Waals surface area (Å²) in [7, 11) is 0. The van der Waals surface area contributed by atoms with Crippen molar-refractivity contribution in [2.24, 2.45) is 0 Å². The molecular weight excluding hydrogens is 409 g/mol. The third-order valence-corrected chi connectivity index (χ3v) is 6.42. The largest absolute Gasteiger partial charge is 0.490 e. The van der Waals surface area contributed by atoms with Crippen LogP contribution in [0.4, 0.5) is 0 Å². The van der Waals surface area contributed by atoms with Crippen molar-refractivity contribution < 1.29 is 4.74 Å². The van der Waals surface area contributed by atoms with Crippen LogP contribution < -0.4 is 4.74 Å². The molecule has 2 heterocycles. The molecule has 0 atom stereocenters. The van der Waals surface area contributed by atoms with Crippen molar-refractivity contribution in [3.05, 3.63) is 56.5 Å². The fraction of sp³-hybridized carbons (Fsp3) is 0.333. The lowest BCUT2D eigenvalue weighted by atomic mass is 10.3. The van der Waals surface area contributed by atoms with Crippen LogP contribution >= 0.6 is 46.3 Å². The van der Waals surface area contributed by atoms with Gasteiger partial charge in [-0.2, -0.15) is 0 Å². The number of thiophene rings is 1. The Morgan fingerprint density at radius 3 is 2.65 bits per heavy atom. The van der Waals surface area contributed by atoms with E-state index >= 15 is 0 Å². The number of halogens is 2. The Balaban J connectivity index is 1.38. The normalized spacial score (nSPS) is 13.9. The number of ether oxygens (including phenoxy) is 1. The van der Waals surface area contributed by atoms with Crippen LogP contribution in [-0.4, -0.2) is 27.1 Å². The first-order valence-electron chi connectivity index (χ1n) is 8.38. The van der Waals surface area contributed by atoms with Crippen molar-refractivity contribution in [1.29, 1.82) is 0 Å². The van der Waals surface area contributed by atoms with Gasteiger partial charge in [0, 0.05) is 23.1 Å². The van der Waals surface area contributed by atoms with Crippen molar-refractivity contribution in [2.45, 2.75) is 30.5 Å². The fourth-order valence-electron chi connectivity index (χ4n) is 2.69. The van der Waals surface area contributed by atoms with E-state index in [4.69, 9.17) is 27.9 Å². The topological polar surface area (TPSA) is 39.9 Å². The molecule has 4 rings (SSSR count). The second kappa shape index (κ2) is 8.21. The highest BCUT2D eigenvalue weighted by Crippen LogP contribution is 2.39. The molecule has 1 aliphatic rings. The summed E-state index contributed by atoms with van der Waals surface area (Å²) in [6.07, 6.45) is 3.25. The Bertz CT molecular complexity index is 858. The summed E-state index contributed by atoms with van der Waals surface area (Å²) in [5, 5.41) is 13.0. The SMILES string of the molecule is Clc1cccc(Cl)c1OCCSc1nnc(Cc2cccs2)n1C1CC1. The smallest absolute Gasteiger partial charge is 0.191 e. The Labute approximate surface area is 170 Å². The zero-order valence-electron chi connectivity index (χ0n) is 13.9. The third kappa shape index (κ3) is 4.19. The molecule has 0 saturated heterocycles. The molecule has 26 heavy (non-hydrogen) atoms. The van der Waals surface area contributed by atoms with E-state index in [0.717, 1.165) is 23.2 Å². The van der Waals surface area contributed by atoms with Crippen LogP contribution in [0.15, 0.2) is 40.9 Å². The zero-order chi connectivity index (χ0) is 17.9. The van der Waals surface area contributed by atoms with Gasteiger partial charge in [-0.1, -0.05) is 47.1 Å². The number of para-hydroxylation sites is 1. The molecule has 8 heteroatoms. The van der Waals surface area contributed by atoms with Gasteiger partial charge in [-0.25, -0.2) is 0 Å². The first-order chi connectivity index (χ1) is 12.7. The molecule has 0 amide bonds. The van der Waals surface area contributed by atoms with Crippen LogP contribution in [-0.2, 0) is 6.42 Å². The van der Waals surface area contributed by atoms with Gasteiger partial charge in [0.05, 0.1) is 16.7 Å². The monoisotopic (exact) mass is 425 g/mol. The maximum atomic E-state index is 6.13. The van der Waals surface area contributed by atoms with Gasteiger partial charge in [0.1, 0.15) is 5.82 Å². The minimum atomic E-state index is 0.506. The molecule has 2 aromatic heterocycles. The van der Waals surface area contributed by atoms with E-state index in [2.05, 4.69) is 32.3 Å². The average Bonchev–Trinajstić information content (AvgIpc) is 3.18.